The van der Waals surface area contributed by atoms with E-state index in [9.17, 15) is 8.42 Å². The van der Waals surface area contributed by atoms with Gasteiger partial charge in [0.05, 0.1) is 18.7 Å². The first-order valence-corrected chi connectivity index (χ1v) is 5.85. The van der Waals surface area contributed by atoms with E-state index in [4.69, 9.17) is 5.73 Å². The Labute approximate surface area is 91.3 Å². The van der Waals surface area contributed by atoms with Crippen molar-refractivity contribution in [3.8, 4) is 0 Å². The van der Waals surface area contributed by atoms with E-state index in [1.807, 2.05) is 0 Å². The van der Waals surface area contributed by atoms with Crippen LogP contribution in [0.15, 0.2) is 23.7 Å². The normalized spacial score (nSPS) is 11.6. The maximum Gasteiger partial charge on any atom is 0.280 e. The Kier molecular flexibility index (Phi) is 2.62. The molecule has 2 rings (SSSR count). The molecule has 0 fully saturated rings. The summed E-state index contributed by atoms with van der Waals surface area (Å²) in [5, 5.41) is 6.20. The number of aromatic amines is 2. The quantitative estimate of drug-likeness (QED) is 0.568. The molecule has 0 radical (unpaired) electrons. The number of sulfonamides is 1. The van der Waals surface area contributed by atoms with Gasteiger partial charge in [-0.15, -0.1) is 0 Å². The summed E-state index contributed by atoms with van der Waals surface area (Å²) < 4.78 is 25.8. The number of anilines is 1. The van der Waals surface area contributed by atoms with Crippen molar-refractivity contribution in [2.75, 3.05) is 4.72 Å². The van der Waals surface area contributed by atoms with Gasteiger partial charge in [-0.3, -0.25) is 9.82 Å². The number of hydrogen-bond donors (Lipinski definition) is 4. The number of hydrogen-bond acceptors (Lipinski definition) is 5. The average molecular weight is 242 g/mol. The molecule has 0 amide bonds. The zero-order chi connectivity index (χ0) is 11.6. The smallest absolute Gasteiger partial charge is 0.280 e. The lowest BCUT2D eigenvalue weighted by Crippen LogP contribution is -2.15. The van der Waals surface area contributed by atoms with Crippen molar-refractivity contribution in [1.82, 2.24) is 20.2 Å². The molecule has 0 aromatic carbocycles. The van der Waals surface area contributed by atoms with Gasteiger partial charge < -0.3 is 10.7 Å². The lowest BCUT2D eigenvalue weighted by atomic mass is 10.3. The van der Waals surface area contributed by atoms with Crippen LogP contribution in [-0.2, 0) is 16.6 Å². The molecule has 0 atom stereocenters. The first-order chi connectivity index (χ1) is 7.63. The number of nitrogens with two attached hydrogens (primary N) is 1. The zero-order valence-corrected chi connectivity index (χ0v) is 8.95. The van der Waals surface area contributed by atoms with Crippen molar-refractivity contribution in [2.24, 2.45) is 5.73 Å². The maximum absolute atomic E-state index is 11.8. The third kappa shape index (κ3) is 1.90. The van der Waals surface area contributed by atoms with Crippen molar-refractivity contribution in [3.05, 3.63) is 24.3 Å². The molecule has 0 aliphatic heterocycles. The predicted molar refractivity (Wildman–Crippen MR) is 55.9 cm³/mol. The third-order valence-corrected chi connectivity index (χ3v) is 3.21. The molecular weight excluding hydrogens is 232 g/mol. The Morgan fingerprint density at radius 1 is 1.44 bits per heavy atom. The summed E-state index contributed by atoms with van der Waals surface area (Å²) in [4.78, 5) is 6.14. The summed E-state index contributed by atoms with van der Waals surface area (Å²) in [5.41, 5.74) is 6.00. The van der Waals surface area contributed by atoms with Gasteiger partial charge in [-0.2, -0.15) is 13.5 Å². The van der Waals surface area contributed by atoms with Crippen LogP contribution in [0.4, 0.5) is 5.82 Å². The van der Waals surface area contributed by atoms with E-state index in [1.54, 1.807) is 0 Å². The fourth-order valence-corrected chi connectivity index (χ4v) is 2.10. The van der Waals surface area contributed by atoms with Gasteiger partial charge in [-0.1, -0.05) is 0 Å². The van der Waals surface area contributed by atoms with Crippen molar-refractivity contribution in [1.29, 1.82) is 0 Å². The largest absolute Gasteiger partial charge is 0.334 e. The van der Waals surface area contributed by atoms with Gasteiger partial charge in [-0.25, -0.2) is 4.98 Å². The molecule has 0 aliphatic rings. The van der Waals surface area contributed by atoms with Crippen molar-refractivity contribution < 1.29 is 8.42 Å². The van der Waals surface area contributed by atoms with E-state index in [1.165, 1.54) is 18.7 Å². The van der Waals surface area contributed by atoms with E-state index >= 15 is 0 Å². The molecule has 0 saturated carbocycles. The lowest BCUT2D eigenvalue weighted by molar-refractivity contribution is 0.598. The van der Waals surface area contributed by atoms with Crippen LogP contribution in [0.25, 0.3) is 0 Å². The molecular formula is C7H10N6O2S. The number of nitrogens with zero attached hydrogens (tertiary/aromatic N) is 2. The summed E-state index contributed by atoms with van der Waals surface area (Å²) in [6.07, 6.45) is 3.96. The van der Waals surface area contributed by atoms with Crippen LogP contribution >= 0.6 is 0 Å². The molecule has 2 aromatic heterocycles. The Morgan fingerprint density at radius 2 is 2.25 bits per heavy atom. The summed E-state index contributed by atoms with van der Waals surface area (Å²) in [7, 11) is -3.67. The van der Waals surface area contributed by atoms with Crippen LogP contribution in [0.1, 0.15) is 5.56 Å². The van der Waals surface area contributed by atoms with Crippen LogP contribution in [0, 0.1) is 0 Å². The number of H-pyrrole nitrogens is 2. The minimum Gasteiger partial charge on any atom is -0.334 e. The Balaban J connectivity index is 2.29. The van der Waals surface area contributed by atoms with Crippen molar-refractivity contribution in [2.45, 2.75) is 11.6 Å². The van der Waals surface area contributed by atoms with E-state index in [-0.39, 0.29) is 17.4 Å². The highest BCUT2D eigenvalue weighted by molar-refractivity contribution is 7.92. The standard InChI is InChI=1S/C7H10N6O2S/c8-1-5-2-11-12-7(5)13-16(14,15)6-3-9-4-10-6/h2-4H,1,8H2,(H,9,10)(H2,11,12,13). The molecule has 0 spiro atoms. The molecule has 5 N–H and O–H groups in total. The topological polar surface area (TPSA) is 130 Å². The molecule has 16 heavy (non-hydrogen) atoms. The van der Waals surface area contributed by atoms with Crippen LogP contribution in [0.2, 0.25) is 0 Å². The second-order valence-corrected chi connectivity index (χ2v) is 4.65. The average Bonchev–Trinajstić information content (AvgIpc) is 2.86. The summed E-state index contributed by atoms with van der Waals surface area (Å²) in [6, 6.07) is 0. The van der Waals surface area contributed by atoms with Gasteiger partial charge in [0.25, 0.3) is 10.0 Å². The Bertz CT molecular complexity index is 557. The SMILES string of the molecule is NCc1cn[nH]c1NS(=O)(=O)c1cnc[nH]1. The van der Waals surface area contributed by atoms with Gasteiger partial charge >= 0.3 is 0 Å². The van der Waals surface area contributed by atoms with Gasteiger partial charge in [-0.05, 0) is 0 Å². The number of imidazole rings is 1. The molecule has 0 aliphatic carbocycles. The Hall–Kier alpha value is -1.87. The predicted octanol–water partition coefficient (Wildman–Crippen LogP) is -0.608. The summed E-state index contributed by atoms with van der Waals surface area (Å²) >= 11 is 0. The van der Waals surface area contributed by atoms with E-state index in [2.05, 4.69) is 24.9 Å². The van der Waals surface area contributed by atoms with Crippen molar-refractivity contribution >= 4 is 15.8 Å². The molecule has 86 valence electrons. The molecule has 2 heterocycles. The molecule has 8 nitrogen and oxygen atoms in total. The minimum atomic E-state index is -3.67. The van der Waals surface area contributed by atoms with Gasteiger partial charge in [0.1, 0.15) is 5.82 Å². The molecule has 2 aromatic rings. The van der Waals surface area contributed by atoms with Gasteiger partial charge in [0.2, 0.25) is 0 Å². The second-order valence-electron chi connectivity index (χ2n) is 3.00. The monoisotopic (exact) mass is 242 g/mol. The first-order valence-electron chi connectivity index (χ1n) is 4.37. The second kappa shape index (κ2) is 3.94. The fraction of sp³-hybridized carbons (Fsp3) is 0.143. The van der Waals surface area contributed by atoms with E-state index in [0.717, 1.165) is 0 Å². The number of nitrogens with one attached hydrogen (secondary N) is 3. The highest BCUT2D eigenvalue weighted by Crippen LogP contribution is 2.14. The van der Waals surface area contributed by atoms with E-state index in [0.29, 0.717) is 5.56 Å². The van der Waals surface area contributed by atoms with Gasteiger partial charge in [0, 0.05) is 12.1 Å². The third-order valence-electron chi connectivity index (χ3n) is 1.94. The lowest BCUT2D eigenvalue weighted by Gasteiger charge is -2.04. The highest BCUT2D eigenvalue weighted by Gasteiger charge is 2.17. The number of aromatic nitrogens is 4. The molecule has 9 heteroatoms. The Morgan fingerprint density at radius 3 is 2.88 bits per heavy atom. The maximum atomic E-state index is 11.8. The minimum absolute atomic E-state index is 0.0231. The van der Waals surface area contributed by atoms with Crippen LogP contribution < -0.4 is 10.5 Å². The zero-order valence-electron chi connectivity index (χ0n) is 8.14. The van der Waals surface area contributed by atoms with Crippen molar-refractivity contribution in [3.63, 3.8) is 0 Å². The molecule has 0 saturated heterocycles. The molecule has 0 unspecified atom stereocenters. The van der Waals surface area contributed by atoms with Crippen LogP contribution in [-0.4, -0.2) is 28.6 Å². The highest BCUT2D eigenvalue weighted by atomic mass is 32.2. The molecule has 0 bridgehead atoms. The fourth-order valence-electron chi connectivity index (χ4n) is 1.13. The van der Waals surface area contributed by atoms with Gasteiger partial charge in [0.15, 0.2) is 5.03 Å². The first kappa shape index (κ1) is 10.6. The number of rotatable bonds is 4. The van der Waals surface area contributed by atoms with E-state index < -0.39 is 10.0 Å². The summed E-state index contributed by atoms with van der Waals surface area (Å²) in [5.74, 6) is 0.261. The van der Waals surface area contributed by atoms with Crippen LogP contribution in [0.3, 0.4) is 0 Å². The van der Waals surface area contributed by atoms with Crippen LogP contribution in [0.5, 0.6) is 0 Å². The summed E-state index contributed by atoms with van der Waals surface area (Å²) in [6.45, 7) is 0.192.